The van der Waals surface area contributed by atoms with Gasteiger partial charge in [-0.2, -0.15) is 0 Å². The quantitative estimate of drug-likeness (QED) is 0.399. The van der Waals surface area contributed by atoms with E-state index in [4.69, 9.17) is 4.74 Å². The molecule has 0 aliphatic heterocycles. The second-order valence-corrected chi connectivity index (χ2v) is 7.39. The first kappa shape index (κ1) is 22.1. The second-order valence-electron chi connectivity index (χ2n) is 7.39. The Morgan fingerprint density at radius 3 is 2.14 bits per heavy atom. The molecule has 2 aromatic rings. The molecular weight excluding hydrogens is 372 g/mol. The summed E-state index contributed by atoms with van der Waals surface area (Å²) in [6.07, 6.45) is -0.274. The standard InChI is InChI=1S/C22H26N2O5/c1-14(2)17-9-7-10-18(15(3)4)22(17)23-20(25)13-29-21(26)12-16-8-5-6-11-19(16)24(27)28/h5-11,14-15H,12-13H2,1-4H3,(H,23,25). The molecule has 2 aromatic carbocycles. The van der Waals surface area contributed by atoms with Crippen LogP contribution in [0.1, 0.15) is 56.2 Å². The first-order chi connectivity index (χ1) is 13.7. The highest BCUT2D eigenvalue weighted by molar-refractivity contribution is 5.94. The zero-order chi connectivity index (χ0) is 21.6. The second kappa shape index (κ2) is 9.82. The molecule has 2 rings (SSSR count). The van der Waals surface area contributed by atoms with E-state index in [0.717, 1.165) is 16.8 Å². The summed E-state index contributed by atoms with van der Waals surface area (Å²) in [6, 6.07) is 11.9. The number of rotatable bonds is 8. The number of benzene rings is 2. The molecule has 0 saturated carbocycles. The monoisotopic (exact) mass is 398 g/mol. The van der Waals surface area contributed by atoms with Crippen molar-refractivity contribution in [1.82, 2.24) is 0 Å². The van der Waals surface area contributed by atoms with E-state index >= 15 is 0 Å². The largest absolute Gasteiger partial charge is 0.455 e. The number of carbonyl (C=O) groups is 2. The minimum absolute atomic E-state index is 0.152. The predicted octanol–water partition coefficient (Wildman–Crippen LogP) is 4.57. The highest BCUT2D eigenvalue weighted by Crippen LogP contribution is 2.32. The fourth-order valence-electron chi connectivity index (χ4n) is 3.06. The van der Waals surface area contributed by atoms with Gasteiger partial charge in [-0.1, -0.05) is 64.1 Å². The van der Waals surface area contributed by atoms with Crippen LogP contribution >= 0.6 is 0 Å². The first-order valence-electron chi connectivity index (χ1n) is 9.51. The van der Waals surface area contributed by atoms with Gasteiger partial charge in [-0.3, -0.25) is 19.7 Å². The van der Waals surface area contributed by atoms with Gasteiger partial charge in [-0.25, -0.2) is 0 Å². The first-order valence-corrected chi connectivity index (χ1v) is 9.51. The zero-order valence-electron chi connectivity index (χ0n) is 17.1. The van der Waals surface area contributed by atoms with Crippen LogP contribution in [0.15, 0.2) is 42.5 Å². The molecule has 154 valence electrons. The molecule has 0 aliphatic carbocycles. The normalized spacial score (nSPS) is 10.8. The summed E-state index contributed by atoms with van der Waals surface area (Å²) in [5.74, 6) is -0.720. The third kappa shape index (κ3) is 5.88. The number of para-hydroxylation sites is 2. The lowest BCUT2D eigenvalue weighted by atomic mass is 9.92. The molecule has 7 nitrogen and oxygen atoms in total. The number of amides is 1. The SMILES string of the molecule is CC(C)c1cccc(C(C)C)c1NC(=O)COC(=O)Cc1ccccc1[N+](=O)[O-]. The summed E-state index contributed by atoms with van der Waals surface area (Å²) in [7, 11) is 0. The van der Waals surface area contributed by atoms with Crippen LogP contribution in [0.4, 0.5) is 11.4 Å². The van der Waals surface area contributed by atoms with Gasteiger partial charge >= 0.3 is 5.97 Å². The summed E-state index contributed by atoms with van der Waals surface area (Å²) in [6.45, 7) is 7.72. The molecule has 7 heteroatoms. The van der Waals surface area contributed by atoms with Crippen LogP contribution in [0.5, 0.6) is 0 Å². The molecule has 0 bridgehead atoms. The molecule has 1 N–H and O–H groups in total. The third-order valence-corrected chi connectivity index (χ3v) is 4.52. The van der Waals surface area contributed by atoms with Gasteiger partial charge in [-0.05, 0) is 23.0 Å². The van der Waals surface area contributed by atoms with Crippen LogP contribution in [0.25, 0.3) is 0 Å². The Bertz CT molecular complexity index is 880. The molecule has 0 heterocycles. The molecule has 0 spiro atoms. The number of hydrogen-bond donors (Lipinski definition) is 1. The molecule has 0 saturated heterocycles. The Labute approximate surface area is 170 Å². The van der Waals surface area contributed by atoms with Gasteiger partial charge in [0.15, 0.2) is 6.61 Å². The summed E-state index contributed by atoms with van der Waals surface area (Å²) in [5, 5.41) is 13.9. The van der Waals surface area contributed by atoms with E-state index in [-0.39, 0.29) is 29.5 Å². The highest BCUT2D eigenvalue weighted by Gasteiger charge is 2.19. The predicted molar refractivity (Wildman–Crippen MR) is 111 cm³/mol. The molecule has 0 aromatic heterocycles. The van der Waals surface area contributed by atoms with Crippen LogP contribution in [0.3, 0.4) is 0 Å². The van der Waals surface area contributed by atoms with E-state index in [1.165, 1.54) is 18.2 Å². The Kier molecular flexibility index (Phi) is 7.47. The van der Waals surface area contributed by atoms with Crippen molar-refractivity contribution in [3.63, 3.8) is 0 Å². The van der Waals surface area contributed by atoms with Crippen molar-refractivity contribution in [2.75, 3.05) is 11.9 Å². The van der Waals surface area contributed by atoms with E-state index in [1.54, 1.807) is 6.07 Å². The number of ether oxygens (including phenoxy) is 1. The van der Waals surface area contributed by atoms with E-state index in [0.29, 0.717) is 0 Å². The van der Waals surface area contributed by atoms with Crippen molar-refractivity contribution in [2.24, 2.45) is 0 Å². The van der Waals surface area contributed by atoms with Crippen molar-refractivity contribution in [3.8, 4) is 0 Å². The van der Waals surface area contributed by atoms with Crippen LogP contribution in [0, 0.1) is 10.1 Å². The number of esters is 1. The van der Waals surface area contributed by atoms with Crippen LogP contribution in [-0.4, -0.2) is 23.4 Å². The minimum Gasteiger partial charge on any atom is -0.455 e. The van der Waals surface area contributed by atoms with E-state index < -0.39 is 23.4 Å². The van der Waals surface area contributed by atoms with Crippen LogP contribution < -0.4 is 5.32 Å². The average Bonchev–Trinajstić information content (AvgIpc) is 2.66. The van der Waals surface area contributed by atoms with Crippen molar-refractivity contribution in [1.29, 1.82) is 0 Å². The van der Waals surface area contributed by atoms with E-state index in [2.05, 4.69) is 5.32 Å². The van der Waals surface area contributed by atoms with Gasteiger partial charge in [0.1, 0.15) is 0 Å². The number of anilines is 1. The third-order valence-electron chi connectivity index (χ3n) is 4.52. The number of nitrogens with zero attached hydrogens (tertiary/aromatic N) is 1. The van der Waals surface area contributed by atoms with E-state index in [1.807, 2.05) is 45.9 Å². The van der Waals surface area contributed by atoms with Crippen molar-refractivity contribution in [3.05, 3.63) is 69.3 Å². The maximum Gasteiger partial charge on any atom is 0.311 e. The number of carbonyl (C=O) groups excluding carboxylic acids is 2. The molecule has 0 atom stereocenters. The molecule has 0 radical (unpaired) electrons. The van der Waals surface area contributed by atoms with Gasteiger partial charge < -0.3 is 10.1 Å². The smallest absolute Gasteiger partial charge is 0.311 e. The Morgan fingerprint density at radius 1 is 1.00 bits per heavy atom. The number of nitro groups is 1. The highest BCUT2D eigenvalue weighted by atomic mass is 16.6. The maximum absolute atomic E-state index is 12.4. The van der Waals surface area contributed by atoms with Gasteiger partial charge in [0.2, 0.25) is 0 Å². The fraction of sp³-hybridized carbons (Fsp3) is 0.364. The number of hydrogen-bond acceptors (Lipinski definition) is 5. The molecular formula is C22H26N2O5. The maximum atomic E-state index is 12.4. The Hall–Kier alpha value is -3.22. The Balaban J connectivity index is 2.04. The van der Waals surface area contributed by atoms with Gasteiger partial charge in [0, 0.05) is 17.3 Å². The Morgan fingerprint density at radius 2 is 1.59 bits per heavy atom. The average molecular weight is 398 g/mol. The molecule has 29 heavy (non-hydrogen) atoms. The minimum atomic E-state index is -0.698. The summed E-state index contributed by atoms with van der Waals surface area (Å²) >= 11 is 0. The van der Waals surface area contributed by atoms with Crippen LogP contribution in [-0.2, 0) is 20.7 Å². The van der Waals surface area contributed by atoms with E-state index in [9.17, 15) is 19.7 Å². The number of nitro benzene ring substituents is 1. The van der Waals surface area contributed by atoms with Crippen molar-refractivity contribution < 1.29 is 19.2 Å². The molecule has 0 aliphatic rings. The lowest BCUT2D eigenvalue weighted by Crippen LogP contribution is -2.23. The van der Waals surface area contributed by atoms with Gasteiger partial charge in [0.25, 0.3) is 11.6 Å². The molecule has 1 amide bonds. The topological polar surface area (TPSA) is 98.5 Å². The van der Waals surface area contributed by atoms with Crippen LogP contribution in [0.2, 0.25) is 0 Å². The number of nitrogens with one attached hydrogen (secondary N) is 1. The van der Waals surface area contributed by atoms with Crippen molar-refractivity contribution in [2.45, 2.75) is 46.0 Å². The molecule has 0 unspecified atom stereocenters. The molecule has 0 fully saturated rings. The zero-order valence-corrected chi connectivity index (χ0v) is 17.1. The lowest BCUT2D eigenvalue weighted by Gasteiger charge is -2.20. The summed E-state index contributed by atoms with van der Waals surface area (Å²) < 4.78 is 5.04. The van der Waals surface area contributed by atoms with Gasteiger partial charge in [-0.15, -0.1) is 0 Å². The lowest BCUT2D eigenvalue weighted by molar-refractivity contribution is -0.385. The summed E-state index contributed by atoms with van der Waals surface area (Å²) in [4.78, 5) is 35.0. The summed E-state index contributed by atoms with van der Waals surface area (Å²) in [5.41, 5.74) is 2.86. The van der Waals surface area contributed by atoms with Crippen molar-refractivity contribution >= 4 is 23.3 Å². The fourth-order valence-corrected chi connectivity index (χ4v) is 3.06. The van der Waals surface area contributed by atoms with Gasteiger partial charge in [0.05, 0.1) is 11.3 Å².